The fraction of sp³-hybridized carbons (Fsp3) is 0.467. The lowest BCUT2D eigenvalue weighted by Crippen LogP contribution is -2.42. The van der Waals surface area contributed by atoms with Gasteiger partial charge in [0.1, 0.15) is 5.82 Å². The van der Waals surface area contributed by atoms with Crippen LogP contribution in [0.2, 0.25) is 0 Å². The SMILES string of the molecule is Cc1nnc(CN2CCC(O)(c3ccc(F)cc3)CC2)o1. The van der Waals surface area contributed by atoms with Gasteiger partial charge in [0.25, 0.3) is 0 Å². The average Bonchev–Trinajstić information content (AvgIpc) is 2.88. The van der Waals surface area contributed by atoms with Crippen molar-refractivity contribution >= 4 is 0 Å². The van der Waals surface area contributed by atoms with Crippen LogP contribution in [0.5, 0.6) is 0 Å². The maximum atomic E-state index is 13.0. The summed E-state index contributed by atoms with van der Waals surface area (Å²) in [5.41, 5.74) is -0.105. The van der Waals surface area contributed by atoms with E-state index in [1.165, 1.54) is 12.1 Å². The second-order valence-electron chi connectivity index (χ2n) is 5.53. The Balaban J connectivity index is 1.62. The van der Waals surface area contributed by atoms with Gasteiger partial charge in [-0.3, -0.25) is 4.90 Å². The van der Waals surface area contributed by atoms with Crippen LogP contribution in [0.1, 0.15) is 30.2 Å². The van der Waals surface area contributed by atoms with Crippen molar-refractivity contribution in [3.8, 4) is 0 Å². The van der Waals surface area contributed by atoms with Gasteiger partial charge in [-0.2, -0.15) is 0 Å². The second kappa shape index (κ2) is 5.54. The van der Waals surface area contributed by atoms with Crippen LogP contribution < -0.4 is 0 Å². The Morgan fingerprint density at radius 2 is 1.90 bits per heavy atom. The zero-order valence-electron chi connectivity index (χ0n) is 11.9. The van der Waals surface area contributed by atoms with Gasteiger partial charge in [-0.1, -0.05) is 12.1 Å². The molecule has 0 bridgehead atoms. The molecule has 0 saturated carbocycles. The van der Waals surface area contributed by atoms with E-state index in [1.54, 1.807) is 19.1 Å². The lowest BCUT2D eigenvalue weighted by molar-refractivity contribution is -0.0293. The van der Waals surface area contributed by atoms with Gasteiger partial charge < -0.3 is 9.52 Å². The lowest BCUT2D eigenvalue weighted by atomic mass is 9.84. The molecular formula is C15H18FN3O2. The molecule has 1 saturated heterocycles. The third-order valence-electron chi connectivity index (χ3n) is 3.99. The van der Waals surface area contributed by atoms with E-state index < -0.39 is 5.60 Å². The predicted octanol–water partition coefficient (Wildman–Crippen LogP) is 2.00. The fourth-order valence-electron chi connectivity index (χ4n) is 2.72. The van der Waals surface area contributed by atoms with Crippen LogP contribution in [0, 0.1) is 12.7 Å². The molecule has 1 aromatic heterocycles. The van der Waals surface area contributed by atoms with E-state index in [9.17, 15) is 9.50 Å². The number of aromatic nitrogens is 2. The minimum atomic E-state index is -0.880. The lowest BCUT2D eigenvalue weighted by Gasteiger charge is -2.38. The van der Waals surface area contributed by atoms with Crippen LogP contribution in [-0.2, 0) is 12.1 Å². The third kappa shape index (κ3) is 3.11. The molecule has 112 valence electrons. The number of aliphatic hydroxyl groups is 1. The summed E-state index contributed by atoms with van der Waals surface area (Å²) < 4.78 is 18.3. The van der Waals surface area contributed by atoms with E-state index in [0.717, 1.165) is 18.7 Å². The van der Waals surface area contributed by atoms with Gasteiger partial charge in [0.05, 0.1) is 12.1 Å². The summed E-state index contributed by atoms with van der Waals surface area (Å²) in [5, 5.41) is 18.5. The van der Waals surface area contributed by atoms with Gasteiger partial charge in [-0.15, -0.1) is 10.2 Å². The number of benzene rings is 1. The first-order valence-corrected chi connectivity index (χ1v) is 7.05. The van der Waals surface area contributed by atoms with Gasteiger partial charge in [0, 0.05) is 20.0 Å². The maximum Gasteiger partial charge on any atom is 0.230 e. The molecule has 1 aliphatic rings. The molecule has 2 aromatic rings. The summed E-state index contributed by atoms with van der Waals surface area (Å²) in [6.45, 7) is 3.82. The van der Waals surface area contributed by atoms with Crippen molar-refractivity contribution in [2.75, 3.05) is 13.1 Å². The first-order valence-electron chi connectivity index (χ1n) is 7.05. The standard InChI is InChI=1S/C15H18FN3O2/c1-11-17-18-14(21-11)10-19-8-6-15(20,7-9-19)12-2-4-13(16)5-3-12/h2-5,20H,6-10H2,1H3. The Kier molecular flexibility index (Phi) is 3.73. The largest absolute Gasteiger partial charge is 0.424 e. The van der Waals surface area contributed by atoms with E-state index in [-0.39, 0.29) is 5.82 Å². The molecule has 0 radical (unpaired) electrons. The highest BCUT2D eigenvalue weighted by atomic mass is 19.1. The molecule has 5 nitrogen and oxygen atoms in total. The number of halogens is 1. The van der Waals surface area contributed by atoms with Gasteiger partial charge >= 0.3 is 0 Å². The molecule has 2 heterocycles. The Hall–Kier alpha value is -1.79. The normalized spacial score (nSPS) is 18.8. The average molecular weight is 291 g/mol. The van der Waals surface area contributed by atoms with Crippen molar-refractivity contribution in [2.45, 2.75) is 31.9 Å². The molecule has 0 amide bonds. The molecule has 1 N–H and O–H groups in total. The highest BCUT2D eigenvalue weighted by molar-refractivity contribution is 5.23. The zero-order chi connectivity index (χ0) is 14.9. The Labute approximate surface area is 122 Å². The minimum absolute atomic E-state index is 0.286. The summed E-state index contributed by atoms with van der Waals surface area (Å²) in [6.07, 6.45) is 1.21. The van der Waals surface area contributed by atoms with Gasteiger partial charge in [0.2, 0.25) is 11.8 Å². The first kappa shape index (κ1) is 14.2. The van der Waals surface area contributed by atoms with Crippen LogP contribution in [0.15, 0.2) is 28.7 Å². The summed E-state index contributed by atoms with van der Waals surface area (Å²) in [7, 11) is 0. The molecule has 1 fully saturated rings. The van der Waals surface area contributed by atoms with Crippen molar-refractivity contribution in [3.63, 3.8) is 0 Å². The van der Waals surface area contributed by atoms with Crippen molar-refractivity contribution in [3.05, 3.63) is 47.4 Å². The topological polar surface area (TPSA) is 62.4 Å². The second-order valence-corrected chi connectivity index (χ2v) is 5.53. The van der Waals surface area contributed by atoms with Crippen molar-refractivity contribution in [2.24, 2.45) is 0 Å². The molecular weight excluding hydrogens is 273 g/mol. The summed E-state index contributed by atoms with van der Waals surface area (Å²) in [4.78, 5) is 2.17. The number of rotatable bonds is 3. The molecule has 0 spiro atoms. The van der Waals surface area contributed by atoms with Crippen molar-refractivity contribution < 1.29 is 13.9 Å². The number of hydrogen-bond donors (Lipinski definition) is 1. The molecule has 0 unspecified atom stereocenters. The van der Waals surface area contributed by atoms with E-state index >= 15 is 0 Å². The molecule has 1 aromatic carbocycles. The highest BCUT2D eigenvalue weighted by Crippen LogP contribution is 2.33. The van der Waals surface area contributed by atoms with E-state index in [2.05, 4.69) is 15.1 Å². The minimum Gasteiger partial charge on any atom is -0.424 e. The fourth-order valence-corrected chi connectivity index (χ4v) is 2.72. The smallest absolute Gasteiger partial charge is 0.230 e. The van der Waals surface area contributed by atoms with E-state index in [4.69, 9.17) is 4.42 Å². The van der Waals surface area contributed by atoms with Crippen LogP contribution in [0.4, 0.5) is 4.39 Å². The maximum absolute atomic E-state index is 13.0. The van der Waals surface area contributed by atoms with Crippen LogP contribution in [0.3, 0.4) is 0 Å². The molecule has 3 rings (SSSR count). The van der Waals surface area contributed by atoms with E-state index in [1.807, 2.05) is 0 Å². The Morgan fingerprint density at radius 1 is 1.24 bits per heavy atom. The summed E-state index contributed by atoms with van der Waals surface area (Å²) >= 11 is 0. The molecule has 21 heavy (non-hydrogen) atoms. The Morgan fingerprint density at radius 3 is 2.48 bits per heavy atom. The third-order valence-corrected chi connectivity index (χ3v) is 3.99. The number of nitrogens with zero attached hydrogens (tertiary/aromatic N) is 3. The Bertz CT molecular complexity index is 604. The summed E-state index contributed by atoms with van der Waals surface area (Å²) in [5.74, 6) is 0.871. The van der Waals surface area contributed by atoms with Crippen LogP contribution in [0.25, 0.3) is 0 Å². The molecule has 0 atom stereocenters. The highest BCUT2D eigenvalue weighted by Gasteiger charge is 2.34. The molecule has 1 aliphatic heterocycles. The van der Waals surface area contributed by atoms with Gasteiger partial charge in [-0.25, -0.2) is 4.39 Å². The number of likely N-dealkylation sites (tertiary alicyclic amines) is 1. The predicted molar refractivity (Wildman–Crippen MR) is 73.8 cm³/mol. The first-order chi connectivity index (χ1) is 10.0. The molecule has 6 heteroatoms. The van der Waals surface area contributed by atoms with Crippen molar-refractivity contribution in [1.82, 2.24) is 15.1 Å². The van der Waals surface area contributed by atoms with Gasteiger partial charge in [-0.05, 0) is 30.5 Å². The summed E-state index contributed by atoms with van der Waals surface area (Å²) in [6, 6.07) is 6.10. The number of piperidine rings is 1. The zero-order valence-corrected chi connectivity index (χ0v) is 11.9. The quantitative estimate of drug-likeness (QED) is 0.937. The molecule has 0 aliphatic carbocycles. The van der Waals surface area contributed by atoms with Gasteiger partial charge in [0.15, 0.2) is 0 Å². The van der Waals surface area contributed by atoms with Crippen LogP contribution in [-0.4, -0.2) is 33.3 Å². The number of aryl methyl sites for hydroxylation is 1. The number of hydrogen-bond acceptors (Lipinski definition) is 5. The van der Waals surface area contributed by atoms with Crippen LogP contribution >= 0.6 is 0 Å². The monoisotopic (exact) mass is 291 g/mol. The van der Waals surface area contributed by atoms with E-state index in [0.29, 0.717) is 31.2 Å². The van der Waals surface area contributed by atoms with Crippen molar-refractivity contribution in [1.29, 1.82) is 0 Å².